The van der Waals surface area contributed by atoms with Crippen LogP contribution in [0.5, 0.6) is 0 Å². The molecule has 0 atom stereocenters. The van der Waals surface area contributed by atoms with Crippen LogP contribution in [0, 0.1) is 19.7 Å². The van der Waals surface area contributed by atoms with Crippen LogP contribution in [0.3, 0.4) is 0 Å². The summed E-state index contributed by atoms with van der Waals surface area (Å²) in [7, 11) is 0. The molecule has 1 saturated heterocycles. The first-order valence-electron chi connectivity index (χ1n) is 11.1. The van der Waals surface area contributed by atoms with Gasteiger partial charge in [0, 0.05) is 37.5 Å². The summed E-state index contributed by atoms with van der Waals surface area (Å²) >= 11 is 0. The lowest BCUT2D eigenvalue weighted by molar-refractivity contribution is -0.125. The molecule has 0 spiro atoms. The second-order valence-corrected chi connectivity index (χ2v) is 8.59. The molecule has 8 heteroatoms. The fraction of sp³-hybridized carbons (Fsp3) is 0.360. The lowest BCUT2D eigenvalue weighted by atomic mass is 10.0. The third-order valence-electron chi connectivity index (χ3n) is 6.10. The average molecular weight is 451 g/mol. The molecule has 7 nitrogen and oxygen atoms in total. The molecule has 0 unspecified atom stereocenters. The van der Waals surface area contributed by atoms with E-state index in [0.717, 1.165) is 11.1 Å². The molecular weight excluding hydrogens is 423 g/mol. The summed E-state index contributed by atoms with van der Waals surface area (Å²) in [6, 6.07) is 11.2. The number of carbonyl (C=O) groups excluding carboxylic acids is 3. The lowest BCUT2D eigenvalue weighted by Gasteiger charge is -2.33. The third kappa shape index (κ3) is 5.10. The van der Waals surface area contributed by atoms with E-state index in [1.165, 1.54) is 29.3 Å². The van der Waals surface area contributed by atoms with Crippen molar-refractivity contribution in [3.63, 3.8) is 0 Å². The minimum absolute atomic E-state index is 0.0621. The third-order valence-corrected chi connectivity index (χ3v) is 6.10. The van der Waals surface area contributed by atoms with Gasteiger partial charge in [0.1, 0.15) is 11.5 Å². The summed E-state index contributed by atoms with van der Waals surface area (Å²) in [5.74, 6) is -0.926. The number of likely N-dealkylation sites (tertiary alicyclic amines) is 1. The number of hydrogen-bond acceptors (Lipinski definition) is 4. The summed E-state index contributed by atoms with van der Waals surface area (Å²) in [6.45, 7) is 4.85. The van der Waals surface area contributed by atoms with Gasteiger partial charge in [0.05, 0.1) is 5.69 Å². The van der Waals surface area contributed by atoms with Crippen molar-refractivity contribution in [2.75, 3.05) is 18.1 Å². The molecule has 0 aromatic heterocycles. The van der Waals surface area contributed by atoms with E-state index in [2.05, 4.69) is 10.4 Å². The normalized spacial score (nSPS) is 17.1. The Morgan fingerprint density at radius 1 is 1.03 bits per heavy atom. The maximum absolute atomic E-state index is 13.1. The zero-order valence-corrected chi connectivity index (χ0v) is 18.8. The first-order valence-corrected chi connectivity index (χ1v) is 11.1. The van der Waals surface area contributed by atoms with Crippen LogP contribution in [0.4, 0.5) is 10.1 Å². The van der Waals surface area contributed by atoms with Crippen molar-refractivity contribution in [3.05, 3.63) is 65.0 Å². The minimum atomic E-state index is -0.387. The fourth-order valence-corrected chi connectivity index (χ4v) is 4.12. The smallest absolute Gasteiger partial charge is 0.270 e. The molecular formula is C25H27FN4O3. The highest BCUT2D eigenvalue weighted by atomic mass is 19.1. The number of halogens is 1. The van der Waals surface area contributed by atoms with E-state index in [0.29, 0.717) is 49.3 Å². The van der Waals surface area contributed by atoms with Crippen LogP contribution in [0.15, 0.2) is 47.6 Å². The maximum Gasteiger partial charge on any atom is 0.270 e. The van der Waals surface area contributed by atoms with Gasteiger partial charge in [0.15, 0.2) is 0 Å². The summed E-state index contributed by atoms with van der Waals surface area (Å²) in [5.41, 5.74) is 3.42. The van der Waals surface area contributed by atoms with E-state index in [9.17, 15) is 18.8 Å². The highest BCUT2D eigenvalue weighted by Crippen LogP contribution is 2.26. The van der Waals surface area contributed by atoms with Crippen LogP contribution in [0.2, 0.25) is 0 Å². The van der Waals surface area contributed by atoms with Crippen LogP contribution >= 0.6 is 0 Å². The highest BCUT2D eigenvalue weighted by Gasteiger charge is 2.31. The van der Waals surface area contributed by atoms with Gasteiger partial charge in [0.25, 0.3) is 11.8 Å². The van der Waals surface area contributed by atoms with Crippen molar-refractivity contribution in [2.45, 2.75) is 45.6 Å². The molecule has 2 heterocycles. The molecule has 2 aliphatic heterocycles. The Labute approximate surface area is 192 Å². The molecule has 2 aliphatic rings. The van der Waals surface area contributed by atoms with Gasteiger partial charge in [-0.25, -0.2) is 9.40 Å². The SMILES string of the molecule is Cc1ccc(C)c(N2N=C(C(=O)N3CCC(NC(=O)c4ccc(F)cc4)CC3)CCC2=O)c1. The average Bonchev–Trinajstić information content (AvgIpc) is 2.81. The molecule has 0 bridgehead atoms. The van der Waals surface area contributed by atoms with Gasteiger partial charge in [-0.1, -0.05) is 12.1 Å². The van der Waals surface area contributed by atoms with E-state index >= 15 is 0 Å². The van der Waals surface area contributed by atoms with E-state index in [4.69, 9.17) is 0 Å². The second-order valence-electron chi connectivity index (χ2n) is 8.59. The molecule has 0 aliphatic carbocycles. The Balaban J connectivity index is 1.38. The monoisotopic (exact) mass is 450 g/mol. The maximum atomic E-state index is 13.1. The number of hydrazone groups is 1. The van der Waals surface area contributed by atoms with Crippen molar-refractivity contribution >= 4 is 29.1 Å². The van der Waals surface area contributed by atoms with Gasteiger partial charge < -0.3 is 10.2 Å². The standard InChI is InChI=1S/C25H27FN4O3/c1-16-3-4-17(2)22(15-16)30-23(31)10-9-21(28-30)25(33)29-13-11-20(12-14-29)27-24(32)18-5-7-19(26)8-6-18/h3-8,15,20H,9-14H2,1-2H3,(H,27,32). The van der Waals surface area contributed by atoms with Crippen LogP contribution in [-0.2, 0) is 9.59 Å². The highest BCUT2D eigenvalue weighted by molar-refractivity contribution is 6.40. The molecule has 172 valence electrons. The lowest BCUT2D eigenvalue weighted by Crippen LogP contribution is -2.49. The van der Waals surface area contributed by atoms with Crippen molar-refractivity contribution in [3.8, 4) is 0 Å². The van der Waals surface area contributed by atoms with Crippen molar-refractivity contribution in [1.82, 2.24) is 10.2 Å². The number of carbonyl (C=O) groups is 3. The number of piperidine rings is 1. The van der Waals surface area contributed by atoms with Crippen molar-refractivity contribution < 1.29 is 18.8 Å². The molecule has 3 amide bonds. The Morgan fingerprint density at radius 2 is 1.73 bits per heavy atom. The van der Waals surface area contributed by atoms with Crippen molar-refractivity contribution in [2.24, 2.45) is 5.10 Å². The van der Waals surface area contributed by atoms with Crippen LogP contribution in [0.25, 0.3) is 0 Å². The number of aryl methyl sites for hydroxylation is 2. The minimum Gasteiger partial charge on any atom is -0.349 e. The summed E-state index contributed by atoms with van der Waals surface area (Å²) in [6.07, 6.45) is 1.79. The number of benzene rings is 2. The summed E-state index contributed by atoms with van der Waals surface area (Å²) < 4.78 is 13.1. The van der Waals surface area contributed by atoms with Crippen molar-refractivity contribution in [1.29, 1.82) is 0 Å². The number of nitrogens with one attached hydrogen (secondary N) is 1. The van der Waals surface area contributed by atoms with E-state index < -0.39 is 0 Å². The predicted molar refractivity (Wildman–Crippen MR) is 124 cm³/mol. The number of amides is 3. The fourth-order valence-electron chi connectivity index (χ4n) is 4.12. The van der Waals surface area contributed by atoms with Crippen LogP contribution in [0.1, 0.15) is 47.2 Å². The topological polar surface area (TPSA) is 82.1 Å². The van der Waals surface area contributed by atoms with Crippen LogP contribution in [-0.4, -0.2) is 47.5 Å². The molecule has 2 aromatic rings. The molecule has 1 N–H and O–H groups in total. The van der Waals surface area contributed by atoms with E-state index in [-0.39, 0.29) is 36.0 Å². The first-order chi connectivity index (χ1) is 15.8. The Bertz CT molecular complexity index is 1110. The number of anilines is 1. The molecule has 1 fully saturated rings. The summed E-state index contributed by atoms with van der Waals surface area (Å²) in [4.78, 5) is 39.7. The van der Waals surface area contributed by atoms with E-state index in [1.54, 1.807) is 4.90 Å². The zero-order valence-electron chi connectivity index (χ0n) is 18.8. The summed E-state index contributed by atoms with van der Waals surface area (Å²) in [5, 5.41) is 8.75. The second kappa shape index (κ2) is 9.52. The number of rotatable bonds is 4. The van der Waals surface area contributed by atoms with Gasteiger partial charge in [-0.05, 0) is 68.1 Å². The zero-order chi connectivity index (χ0) is 23.5. The molecule has 0 radical (unpaired) electrons. The molecule has 33 heavy (non-hydrogen) atoms. The predicted octanol–water partition coefficient (Wildman–Crippen LogP) is 3.35. The molecule has 2 aromatic carbocycles. The van der Waals surface area contributed by atoms with Gasteiger partial charge in [-0.15, -0.1) is 0 Å². The molecule has 0 saturated carbocycles. The molecule has 4 rings (SSSR count). The van der Waals surface area contributed by atoms with Gasteiger partial charge in [0.2, 0.25) is 5.91 Å². The number of hydrogen-bond donors (Lipinski definition) is 1. The quantitative estimate of drug-likeness (QED) is 0.776. The Morgan fingerprint density at radius 3 is 2.42 bits per heavy atom. The first kappa shape index (κ1) is 22.6. The number of nitrogens with zero attached hydrogens (tertiary/aromatic N) is 3. The Hall–Kier alpha value is -3.55. The van der Waals surface area contributed by atoms with Crippen LogP contribution < -0.4 is 10.3 Å². The Kier molecular flexibility index (Phi) is 6.53. The van der Waals surface area contributed by atoms with Gasteiger partial charge in [-0.3, -0.25) is 14.4 Å². The van der Waals surface area contributed by atoms with E-state index in [1.807, 2.05) is 32.0 Å². The van der Waals surface area contributed by atoms with Gasteiger partial charge in [-0.2, -0.15) is 5.10 Å². The largest absolute Gasteiger partial charge is 0.349 e. The van der Waals surface area contributed by atoms with Gasteiger partial charge >= 0.3 is 0 Å².